The zero-order valence-electron chi connectivity index (χ0n) is 13.9. The molecule has 1 aliphatic heterocycles. The minimum atomic E-state index is -1.88. The van der Waals surface area contributed by atoms with Crippen LogP contribution in [0.5, 0.6) is 17.2 Å². The molecule has 0 aromatic heterocycles. The summed E-state index contributed by atoms with van der Waals surface area (Å²) in [4.78, 5) is 23.6. The van der Waals surface area contributed by atoms with E-state index in [-0.39, 0.29) is 0 Å². The second-order valence-corrected chi connectivity index (χ2v) is 6.07. The number of rotatable bonds is 4. The molecule has 7 N–H and O–H groups in total. The molecule has 1 fully saturated rings. The Hall–Kier alpha value is -2.24. The molecule has 1 heterocycles. The second-order valence-electron chi connectivity index (χ2n) is 6.07. The smallest absolute Gasteiger partial charge is 0.167 e. The summed E-state index contributed by atoms with van der Waals surface area (Å²) in [6.45, 7) is 1.22. The van der Waals surface area contributed by atoms with Gasteiger partial charge in [-0.05, 0) is 13.8 Å². The van der Waals surface area contributed by atoms with E-state index < -0.39 is 82.6 Å². The fourth-order valence-corrected chi connectivity index (χ4v) is 3.01. The van der Waals surface area contributed by atoms with Crippen molar-refractivity contribution in [2.45, 2.75) is 44.4 Å². The summed E-state index contributed by atoms with van der Waals surface area (Å²) in [5, 5.41) is 69.9. The Balaban J connectivity index is 2.76. The van der Waals surface area contributed by atoms with Crippen molar-refractivity contribution in [1.82, 2.24) is 0 Å². The minimum absolute atomic E-state index is 0.630. The fourth-order valence-electron chi connectivity index (χ4n) is 3.01. The Morgan fingerprint density at radius 3 is 1.69 bits per heavy atom. The molecule has 1 saturated heterocycles. The molecular formula is C16H20O10. The van der Waals surface area contributed by atoms with Gasteiger partial charge in [0, 0.05) is 0 Å². The van der Waals surface area contributed by atoms with Crippen LogP contribution in [0.2, 0.25) is 0 Å². The highest BCUT2D eigenvalue weighted by molar-refractivity contribution is 6.08. The lowest BCUT2D eigenvalue weighted by molar-refractivity contribution is -0.232. The first-order valence-electron chi connectivity index (χ1n) is 7.67. The fraction of sp³-hybridized carbons (Fsp3) is 0.500. The largest absolute Gasteiger partial charge is 0.507 e. The topological polar surface area (TPSA) is 185 Å². The van der Waals surface area contributed by atoms with Crippen LogP contribution >= 0.6 is 0 Å². The van der Waals surface area contributed by atoms with Crippen LogP contribution in [0.3, 0.4) is 0 Å². The Bertz CT molecular complexity index is 700. The number of hydrogen-bond donors (Lipinski definition) is 7. The van der Waals surface area contributed by atoms with Crippen molar-refractivity contribution in [3.8, 4) is 17.2 Å². The Labute approximate surface area is 147 Å². The maximum absolute atomic E-state index is 11.8. The first-order chi connectivity index (χ1) is 12.0. The Morgan fingerprint density at radius 2 is 1.31 bits per heavy atom. The van der Waals surface area contributed by atoms with E-state index in [2.05, 4.69) is 0 Å². The van der Waals surface area contributed by atoms with Crippen molar-refractivity contribution in [1.29, 1.82) is 0 Å². The molecule has 1 aliphatic rings. The molecule has 5 atom stereocenters. The highest BCUT2D eigenvalue weighted by atomic mass is 16.5. The van der Waals surface area contributed by atoms with E-state index in [1.165, 1.54) is 0 Å². The molecule has 0 radical (unpaired) electrons. The molecule has 10 nitrogen and oxygen atoms in total. The van der Waals surface area contributed by atoms with Gasteiger partial charge in [0.2, 0.25) is 0 Å². The monoisotopic (exact) mass is 372 g/mol. The predicted molar refractivity (Wildman–Crippen MR) is 84.2 cm³/mol. The van der Waals surface area contributed by atoms with E-state index in [4.69, 9.17) is 4.74 Å². The third kappa shape index (κ3) is 3.02. The van der Waals surface area contributed by atoms with Gasteiger partial charge in [-0.1, -0.05) is 0 Å². The van der Waals surface area contributed by atoms with Crippen LogP contribution in [0.4, 0.5) is 0 Å². The van der Waals surface area contributed by atoms with Crippen molar-refractivity contribution in [3.63, 3.8) is 0 Å². The van der Waals surface area contributed by atoms with Gasteiger partial charge in [-0.2, -0.15) is 0 Å². The van der Waals surface area contributed by atoms with Gasteiger partial charge in [-0.25, -0.2) is 0 Å². The first-order valence-corrected chi connectivity index (χ1v) is 7.67. The predicted octanol–water partition coefficient (Wildman–Crippen LogP) is -1.28. The van der Waals surface area contributed by atoms with Gasteiger partial charge >= 0.3 is 0 Å². The van der Waals surface area contributed by atoms with Gasteiger partial charge < -0.3 is 40.5 Å². The van der Waals surface area contributed by atoms with Crippen LogP contribution < -0.4 is 0 Å². The highest BCUT2D eigenvalue weighted by Crippen LogP contribution is 2.48. The molecule has 0 spiro atoms. The molecule has 1 aromatic rings. The molecule has 0 bridgehead atoms. The summed E-state index contributed by atoms with van der Waals surface area (Å²) >= 11 is 0. The SMILES string of the molecule is CC(=O)c1c(O)c(C(C)=O)c(O)c([C@@H]2O[C@H](CO)[C@@H](O)[C@H](O)[C@H]2O)c1O. The van der Waals surface area contributed by atoms with Crippen molar-refractivity contribution in [2.75, 3.05) is 6.61 Å². The number of phenols is 3. The van der Waals surface area contributed by atoms with Gasteiger partial charge in [-0.15, -0.1) is 0 Å². The lowest BCUT2D eigenvalue weighted by Crippen LogP contribution is -2.55. The van der Waals surface area contributed by atoms with E-state index in [0.717, 1.165) is 13.8 Å². The molecule has 0 saturated carbocycles. The van der Waals surface area contributed by atoms with Gasteiger partial charge in [0.05, 0.1) is 12.2 Å². The number of carbonyl (C=O) groups excluding carboxylic acids is 2. The molecule has 2 rings (SSSR count). The van der Waals surface area contributed by atoms with Gasteiger partial charge in [-0.3, -0.25) is 9.59 Å². The average Bonchev–Trinajstić information content (AvgIpc) is 2.53. The number of ketones is 2. The quantitative estimate of drug-likeness (QED) is 0.314. The van der Waals surface area contributed by atoms with Gasteiger partial charge in [0.25, 0.3) is 0 Å². The molecule has 1 aromatic carbocycles. The molecule has 26 heavy (non-hydrogen) atoms. The number of aliphatic hydroxyl groups excluding tert-OH is 4. The zero-order valence-corrected chi connectivity index (χ0v) is 13.9. The summed E-state index contributed by atoms with van der Waals surface area (Å²) in [5.41, 5.74) is -1.99. The van der Waals surface area contributed by atoms with Crippen molar-refractivity contribution < 1.29 is 50.1 Å². The van der Waals surface area contributed by atoms with E-state index in [9.17, 15) is 45.3 Å². The number of hydrogen-bond acceptors (Lipinski definition) is 10. The Kier molecular flexibility index (Phi) is 5.54. The van der Waals surface area contributed by atoms with E-state index in [1.54, 1.807) is 0 Å². The lowest BCUT2D eigenvalue weighted by atomic mass is 9.87. The summed E-state index contributed by atoms with van der Waals surface area (Å²) in [7, 11) is 0. The molecule has 0 unspecified atom stereocenters. The van der Waals surface area contributed by atoms with Gasteiger partial charge in [0.1, 0.15) is 58.9 Å². The maximum atomic E-state index is 11.8. The van der Waals surface area contributed by atoms with Crippen LogP contribution in [-0.4, -0.2) is 78.3 Å². The zero-order chi connectivity index (χ0) is 19.9. The van der Waals surface area contributed by atoms with Crippen LogP contribution in [-0.2, 0) is 4.74 Å². The Morgan fingerprint density at radius 1 is 0.846 bits per heavy atom. The number of phenolic OH excluding ortho intramolecular Hbond substituents is 3. The summed E-state index contributed by atoms with van der Waals surface area (Å²) < 4.78 is 5.25. The first kappa shape index (κ1) is 20.1. The highest BCUT2D eigenvalue weighted by Gasteiger charge is 2.47. The standard InChI is InChI=1S/C16H20O10/c1-4(18)7-11(21)8(5(2)19)13(23)9(12(7)22)16-15(25)14(24)10(20)6(3-17)26-16/h6,10,14-17,20-25H,3H2,1-2H3/t6-,10-,14+,15-,16+/m1/s1. The lowest BCUT2D eigenvalue weighted by Gasteiger charge is -2.40. The second kappa shape index (κ2) is 7.17. The van der Waals surface area contributed by atoms with Crippen LogP contribution in [0.15, 0.2) is 0 Å². The molecular weight excluding hydrogens is 352 g/mol. The number of carbonyl (C=O) groups is 2. The third-order valence-corrected chi connectivity index (χ3v) is 4.34. The van der Waals surface area contributed by atoms with Crippen molar-refractivity contribution in [2.24, 2.45) is 0 Å². The third-order valence-electron chi connectivity index (χ3n) is 4.34. The van der Waals surface area contributed by atoms with E-state index >= 15 is 0 Å². The summed E-state index contributed by atoms with van der Waals surface area (Å²) in [5.74, 6) is -4.53. The van der Waals surface area contributed by atoms with Crippen molar-refractivity contribution in [3.05, 3.63) is 16.7 Å². The number of aliphatic hydroxyl groups is 4. The normalized spacial score (nSPS) is 28.8. The molecule has 0 amide bonds. The van der Waals surface area contributed by atoms with E-state index in [1.807, 2.05) is 0 Å². The van der Waals surface area contributed by atoms with Crippen molar-refractivity contribution >= 4 is 11.6 Å². The molecule has 10 heteroatoms. The number of ether oxygens (including phenoxy) is 1. The molecule has 0 aliphatic carbocycles. The number of benzene rings is 1. The van der Waals surface area contributed by atoms with Gasteiger partial charge in [0.15, 0.2) is 11.6 Å². The maximum Gasteiger partial charge on any atom is 0.167 e. The minimum Gasteiger partial charge on any atom is -0.507 e. The molecule has 144 valence electrons. The van der Waals surface area contributed by atoms with E-state index in [0.29, 0.717) is 0 Å². The summed E-state index contributed by atoms with van der Waals surface area (Å²) in [6, 6.07) is 0. The number of Topliss-reactive ketones (excluding diaryl/α,β-unsaturated/α-hetero) is 2. The van der Waals surface area contributed by atoms with Crippen LogP contribution in [0.25, 0.3) is 0 Å². The van der Waals surface area contributed by atoms with Crippen LogP contribution in [0, 0.1) is 0 Å². The number of aromatic hydroxyl groups is 3. The van der Waals surface area contributed by atoms with Crippen LogP contribution in [0.1, 0.15) is 46.2 Å². The summed E-state index contributed by atoms with van der Waals surface area (Å²) in [6.07, 6.45) is -8.45. The average molecular weight is 372 g/mol.